The van der Waals surface area contributed by atoms with Gasteiger partial charge in [-0.05, 0) is 55.0 Å². The minimum absolute atomic E-state index is 0.00997. The second-order valence-electron chi connectivity index (χ2n) is 9.27. The average Bonchev–Trinajstić information content (AvgIpc) is 3.57. The number of rotatable bonds is 8. The third-order valence-corrected chi connectivity index (χ3v) is 6.43. The summed E-state index contributed by atoms with van der Waals surface area (Å²) in [5.74, 6) is 1.15. The van der Waals surface area contributed by atoms with Gasteiger partial charge in [0, 0.05) is 32.0 Å². The Hall–Kier alpha value is -3.95. The molecule has 37 heavy (non-hydrogen) atoms. The van der Waals surface area contributed by atoms with Gasteiger partial charge >= 0.3 is 12.6 Å². The summed E-state index contributed by atoms with van der Waals surface area (Å²) in [6.07, 6.45) is 2.69. The molecule has 0 saturated heterocycles. The van der Waals surface area contributed by atoms with Crippen molar-refractivity contribution in [1.82, 2.24) is 9.78 Å². The van der Waals surface area contributed by atoms with Crippen molar-refractivity contribution in [3.05, 3.63) is 54.1 Å². The molecule has 1 aliphatic heterocycles. The van der Waals surface area contributed by atoms with Gasteiger partial charge in [-0.3, -0.25) is 14.5 Å². The summed E-state index contributed by atoms with van der Waals surface area (Å²) in [6.45, 7) is 0.778. The molecule has 3 aromatic rings. The van der Waals surface area contributed by atoms with Crippen LogP contribution in [-0.4, -0.2) is 41.4 Å². The van der Waals surface area contributed by atoms with Crippen molar-refractivity contribution < 1.29 is 32.6 Å². The molecule has 2 aliphatic rings. The quantitative estimate of drug-likeness (QED) is 0.305. The van der Waals surface area contributed by atoms with Gasteiger partial charge in [-0.25, -0.2) is 4.68 Å². The van der Waals surface area contributed by atoms with E-state index in [2.05, 4.69) is 4.74 Å². The number of esters is 1. The number of fused-ring (bicyclic) bond motifs is 1. The smallest absolute Gasteiger partial charge is 0.387 e. The molecule has 1 atom stereocenters. The second kappa shape index (κ2) is 10.2. The molecule has 10 heteroatoms. The number of anilines is 1. The number of hydrogen-bond donors (Lipinski definition) is 0. The van der Waals surface area contributed by atoms with Crippen molar-refractivity contribution in [3.63, 3.8) is 0 Å². The van der Waals surface area contributed by atoms with E-state index in [1.807, 2.05) is 12.1 Å². The van der Waals surface area contributed by atoms with Crippen LogP contribution in [0.5, 0.6) is 17.2 Å². The summed E-state index contributed by atoms with van der Waals surface area (Å²) in [5.41, 5.74) is 2.13. The topological polar surface area (TPSA) is 82.9 Å². The maximum Gasteiger partial charge on any atom is 0.387 e. The van der Waals surface area contributed by atoms with Crippen LogP contribution in [-0.2, 0) is 9.59 Å². The Labute approximate surface area is 212 Å². The highest BCUT2D eigenvalue weighted by Gasteiger charge is 2.31. The van der Waals surface area contributed by atoms with Crippen LogP contribution in [0.15, 0.2) is 48.5 Å². The minimum atomic E-state index is -2.96. The van der Waals surface area contributed by atoms with Crippen LogP contribution in [0.4, 0.5) is 14.6 Å². The summed E-state index contributed by atoms with van der Waals surface area (Å²) in [5, 5.41) is 4.81. The lowest BCUT2D eigenvalue weighted by atomic mass is 10.0. The number of nitrogens with zero attached hydrogens (tertiary/aromatic N) is 3. The zero-order chi connectivity index (χ0) is 26.1. The Morgan fingerprint density at radius 2 is 1.86 bits per heavy atom. The number of ether oxygens (including phenoxy) is 3. The van der Waals surface area contributed by atoms with Gasteiger partial charge in [-0.15, -0.1) is 0 Å². The fourth-order valence-electron chi connectivity index (χ4n) is 4.49. The van der Waals surface area contributed by atoms with Crippen LogP contribution in [0.2, 0.25) is 0 Å². The molecule has 5 rings (SSSR count). The summed E-state index contributed by atoms with van der Waals surface area (Å²) < 4.78 is 43.5. The van der Waals surface area contributed by atoms with E-state index in [0.29, 0.717) is 42.8 Å². The van der Waals surface area contributed by atoms with Gasteiger partial charge in [0.05, 0.1) is 18.3 Å². The summed E-state index contributed by atoms with van der Waals surface area (Å²) in [7, 11) is 0. The molecule has 0 bridgehead atoms. The molecular weight excluding hydrogens is 484 g/mol. The lowest BCUT2D eigenvalue weighted by molar-refractivity contribution is -0.131. The van der Waals surface area contributed by atoms with Gasteiger partial charge in [0.1, 0.15) is 11.6 Å². The molecule has 1 aromatic heterocycles. The maximum atomic E-state index is 13.0. The first kappa shape index (κ1) is 24.7. The van der Waals surface area contributed by atoms with Crippen molar-refractivity contribution >= 4 is 17.7 Å². The molecule has 0 N–H and O–H groups in total. The predicted octanol–water partition coefficient (Wildman–Crippen LogP) is 5.21. The van der Waals surface area contributed by atoms with E-state index in [1.165, 1.54) is 19.9 Å². The highest BCUT2D eigenvalue weighted by molar-refractivity contribution is 5.91. The lowest BCUT2D eigenvalue weighted by Gasteiger charge is -2.32. The van der Waals surface area contributed by atoms with Crippen molar-refractivity contribution in [1.29, 1.82) is 0 Å². The molecule has 2 heterocycles. The van der Waals surface area contributed by atoms with Gasteiger partial charge in [-0.2, -0.15) is 13.9 Å². The Morgan fingerprint density at radius 3 is 2.57 bits per heavy atom. The first-order valence-corrected chi connectivity index (χ1v) is 12.2. The second-order valence-corrected chi connectivity index (χ2v) is 9.27. The van der Waals surface area contributed by atoms with E-state index in [4.69, 9.17) is 14.6 Å². The van der Waals surface area contributed by atoms with Crippen LogP contribution < -0.4 is 19.1 Å². The van der Waals surface area contributed by atoms with Gasteiger partial charge in [-0.1, -0.05) is 18.2 Å². The van der Waals surface area contributed by atoms with E-state index in [1.54, 1.807) is 39.9 Å². The molecule has 1 fully saturated rings. The fourth-order valence-corrected chi connectivity index (χ4v) is 4.49. The third kappa shape index (κ3) is 5.58. The number of hydrogen-bond acceptors (Lipinski definition) is 6. The molecule has 1 unspecified atom stereocenters. The molecule has 8 nitrogen and oxygen atoms in total. The van der Waals surface area contributed by atoms with Gasteiger partial charge in [0.15, 0.2) is 11.5 Å². The first-order valence-electron chi connectivity index (χ1n) is 12.2. The molecule has 1 aliphatic carbocycles. The highest BCUT2D eigenvalue weighted by atomic mass is 19.3. The number of amides is 1. The van der Waals surface area contributed by atoms with E-state index >= 15 is 0 Å². The fraction of sp³-hybridized carbons (Fsp3) is 0.370. The van der Waals surface area contributed by atoms with Crippen molar-refractivity contribution in [2.45, 2.75) is 45.8 Å². The molecule has 0 spiro atoms. The van der Waals surface area contributed by atoms with Crippen LogP contribution >= 0.6 is 0 Å². The molecule has 1 amide bonds. The Bertz CT molecular complexity index is 1320. The normalized spacial score (nSPS) is 16.9. The summed E-state index contributed by atoms with van der Waals surface area (Å²) in [6, 6.07) is 13.5. The Kier molecular flexibility index (Phi) is 6.82. The molecule has 1 saturated carbocycles. The number of aromatic nitrogens is 2. The molecule has 194 valence electrons. The highest BCUT2D eigenvalue weighted by Crippen LogP contribution is 2.40. The van der Waals surface area contributed by atoms with E-state index < -0.39 is 12.6 Å². The average molecular weight is 512 g/mol. The van der Waals surface area contributed by atoms with Gasteiger partial charge in [0.25, 0.3) is 0 Å². The van der Waals surface area contributed by atoms with E-state index in [9.17, 15) is 18.4 Å². The van der Waals surface area contributed by atoms with Crippen molar-refractivity contribution in [2.75, 3.05) is 18.1 Å². The number of benzene rings is 2. The van der Waals surface area contributed by atoms with Crippen LogP contribution in [0.1, 0.15) is 44.7 Å². The largest absolute Gasteiger partial charge is 0.489 e. The SMILES string of the molecule is CC(=O)Oc1cccc(-c2cc3n(n2)C(c2ccc(OC(F)F)c(OCC4CC4)c2)CCN3C(C)=O)c1. The standard InChI is InChI=1S/C27H27F2N3O5/c1-16(33)31-11-10-23(20-8-9-24(37-27(28)29)25(13-20)35-15-18-6-7-18)32-26(31)14-22(30-32)19-4-3-5-21(12-19)36-17(2)34/h3-5,8-9,12-14,18,23,27H,6-7,10-11,15H2,1-2H3. The predicted molar refractivity (Wildman–Crippen MR) is 131 cm³/mol. The Morgan fingerprint density at radius 1 is 1.05 bits per heavy atom. The number of carbonyl (C=O) groups is 2. The zero-order valence-electron chi connectivity index (χ0n) is 20.5. The van der Waals surface area contributed by atoms with Crippen LogP contribution in [0.3, 0.4) is 0 Å². The molecule has 2 aromatic carbocycles. The number of alkyl halides is 2. The van der Waals surface area contributed by atoms with E-state index in [0.717, 1.165) is 24.0 Å². The number of halogens is 2. The zero-order valence-corrected chi connectivity index (χ0v) is 20.5. The van der Waals surface area contributed by atoms with Gasteiger partial charge in [0.2, 0.25) is 5.91 Å². The monoisotopic (exact) mass is 511 g/mol. The molecular formula is C27H27F2N3O5. The minimum Gasteiger partial charge on any atom is -0.489 e. The Balaban J connectivity index is 1.52. The lowest BCUT2D eigenvalue weighted by Crippen LogP contribution is -2.38. The number of carbonyl (C=O) groups excluding carboxylic acids is 2. The van der Waals surface area contributed by atoms with E-state index in [-0.39, 0.29) is 23.4 Å². The van der Waals surface area contributed by atoms with Crippen molar-refractivity contribution in [2.24, 2.45) is 5.92 Å². The van der Waals surface area contributed by atoms with Crippen LogP contribution in [0, 0.1) is 5.92 Å². The van der Waals surface area contributed by atoms with Crippen molar-refractivity contribution in [3.8, 4) is 28.5 Å². The molecule has 0 radical (unpaired) electrons. The summed E-state index contributed by atoms with van der Waals surface area (Å²) in [4.78, 5) is 25.4. The van der Waals surface area contributed by atoms with Crippen LogP contribution in [0.25, 0.3) is 11.3 Å². The first-order chi connectivity index (χ1) is 17.8. The van der Waals surface area contributed by atoms with Gasteiger partial charge < -0.3 is 14.2 Å². The summed E-state index contributed by atoms with van der Waals surface area (Å²) >= 11 is 0. The maximum absolute atomic E-state index is 13.0. The third-order valence-electron chi connectivity index (χ3n) is 6.43.